The summed E-state index contributed by atoms with van der Waals surface area (Å²) in [6.45, 7) is 1.01. The minimum atomic E-state index is -0.940. The van der Waals surface area contributed by atoms with Crippen LogP contribution in [0, 0.1) is 0 Å². The molecule has 0 aliphatic carbocycles. The van der Waals surface area contributed by atoms with Gasteiger partial charge in [0.15, 0.2) is 0 Å². The SMILES string of the molecule is CO[C@@H](Cc1ccc(OCCCOc2ccc(-c3ccc(C(=O)O)cc3)cc2)cc1)C(=O)[OH2+]. The van der Waals surface area contributed by atoms with Gasteiger partial charge in [-0.2, -0.15) is 0 Å². The first kappa shape index (κ1) is 23.8. The van der Waals surface area contributed by atoms with Crippen LogP contribution in [0.4, 0.5) is 0 Å². The number of benzene rings is 3. The van der Waals surface area contributed by atoms with Crippen LogP contribution in [0.3, 0.4) is 0 Å². The fourth-order valence-electron chi connectivity index (χ4n) is 3.21. The third-order valence-corrected chi connectivity index (χ3v) is 5.07. The predicted octanol–water partition coefficient (Wildman–Crippen LogP) is 3.71. The predicted molar refractivity (Wildman–Crippen MR) is 124 cm³/mol. The highest BCUT2D eigenvalue weighted by Crippen LogP contribution is 2.23. The number of hydrogen-bond donors (Lipinski definition) is 1. The van der Waals surface area contributed by atoms with Gasteiger partial charge in [-0.05, 0) is 53.1 Å². The van der Waals surface area contributed by atoms with E-state index < -0.39 is 18.0 Å². The van der Waals surface area contributed by atoms with Crippen LogP contribution in [-0.2, 0) is 16.0 Å². The summed E-state index contributed by atoms with van der Waals surface area (Å²) in [7, 11) is 1.42. The molecule has 7 heteroatoms. The van der Waals surface area contributed by atoms with Gasteiger partial charge < -0.3 is 24.4 Å². The van der Waals surface area contributed by atoms with Crippen LogP contribution < -0.4 is 9.47 Å². The molecule has 3 aromatic rings. The molecule has 0 saturated carbocycles. The highest BCUT2D eigenvalue weighted by Gasteiger charge is 2.24. The van der Waals surface area contributed by atoms with Gasteiger partial charge in [0.1, 0.15) is 11.5 Å². The smallest absolute Gasteiger partial charge is 0.545 e. The van der Waals surface area contributed by atoms with Gasteiger partial charge >= 0.3 is 11.9 Å². The molecule has 0 fully saturated rings. The second-order valence-electron chi connectivity index (χ2n) is 7.39. The average Bonchev–Trinajstić information content (AvgIpc) is 2.83. The van der Waals surface area contributed by atoms with Gasteiger partial charge in [0, 0.05) is 24.7 Å². The Labute approximate surface area is 192 Å². The van der Waals surface area contributed by atoms with Crippen LogP contribution in [0.5, 0.6) is 11.5 Å². The molecule has 0 amide bonds. The molecule has 3 aromatic carbocycles. The number of carboxylic acid groups (broad SMARTS) is 1. The number of hydrogen-bond acceptors (Lipinski definition) is 5. The van der Waals surface area contributed by atoms with Crippen molar-refractivity contribution in [3.8, 4) is 22.6 Å². The maximum absolute atomic E-state index is 11.2. The van der Waals surface area contributed by atoms with E-state index in [4.69, 9.17) is 24.4 Å². The molecule has 3 rings (SSSR count). The molecule has 0 unspecified atom stereocenters. The Hall–Kier alpha value is -3.84. The fourth-order valence-corrected chi connectivity index (χ4v) is 3.21. The minimum absolute atomic E-state index is 0.261. The Morgan fingerprint density at radius 2 is 1.30 bits per heavy atom. The first-order valence-corrected chi connectivity index (χ1v) is 10.5. The summed E-state index contributed by atoms with van der Waals surface area (Å²) in [4.78, 5) is 22.1. The molecule has 0 heterocycles. The summed E-state index contributed by atoms with van der Waals surface area (Å²) in [6, 6.07) is 21.8. The summed E-state index contributed by atoms with van der Waals surface area (Å²) in [5.41, 5.74) is 3.08. The molecule has 0 saturated heterocycles. The Morgan fingerprint density at radius 1 is 0.818 bits per heavy atom. The molecule has 1 atom stereocenters. The van der Waals surface area contributed by atoms with Crippen molar-refractivity contribution >= 4 is 11.9 Å². The monoisotopic (exact) mass is 451 g/mol. The molecular formula is C26H27O7+. The Morgan fingerprint density at radius 3 is 1.76 bits per heavy atom. The first-order chi connectivity index (χ1) is 16.0. The average molecular weight is 451 g/mol. The summed E-state index contributed by atoms with van der Waals surface area (Å²) in [5, 5.41) is 16.2. The van der Waals surface area contributed by atoms with E-state index in [-0.39, 0.29) is 5.56 Å². The molecule has 0 aromatic heterocycles. The molecular weight excluding hydrogens is 424 g/mol. The zero-order valence-electron chi connectivity index (χ0n) is 18.3. The van der Waals surface area contributed by atoms with Crippen LogP contribution in [-0.4, -0.2) is 48.6 Å². The minimum Gasteiger partial charge on any atom is -0.563 e. The number of carboxylic acids is 1. The lowest BCUT2D eigenvalue weighted by Gasteiger charge is -2.10. The Bertz CT molecular complexity index is 1040. The number of aromatic carboxylic acids is 1. The lowest BCUT2D eigenvalue weighted by Crippen LogP contribution is -2.24. The molecule has 33 heavy (non-hydrogen) atoms. The van der Waals surface area contributed by atoms with Crippen LogP contribution >= 0.6 is 0 Å². The maximum Gasteiger partial charge on any atom is 0.545 e. The Kier molecular flexibility index (Phi) is 8.43. The van der Waals surface area contributed by atoms with Crippen molar-refractivity contribution in [2.75, 3.05) is 20.3 Å². The topological polar surface area (TPSA) is 105 Å². The van der Waals surface area contributed by atoms with Crippen molar-refractivity contribution in [2.45, 2.75) is 18.9 Å². The van der Waals surface area contributed by atoms with Gasteiger partial charge in [0.2, 0.25) is 6.10 Å². The van der Waals surface area contributed by atoms with Gasteiger partial charge in [0.25, 0.3) is 0 Å². The molecule has 0 bridgehead atoms. The van der Waals surface area contributed by atoms with E-state index in [1.165, 1.54) is 7.11 Å². The fraction of sp³-hybridized carbons (Fsp3) is 0.231. The Balaban J connectivity index is 1.39. The van der Waals surface area contributed by atoms with E-state index in [1.54, 1.807) is 24.3 Å². The zero-order valence-corrected chi connectivity index (χ0v) is 18.3. The standard InChI is InChI=1S/C26H26O7/c1-31-24(26(29)30)17-18-3-11-22(12-4-18)32-15-2-16-33-23-13-9-20(10-14-23)19-5-7-21(8-6-19)25(27)28/h3-14,24H,2,15-17H2,1H3,(H,27,28)(H,29,30)/p+1/t24-/m0/s1. The summed E-state index contributed by atoms with van der Waals surface area (Å²) in [6.07, 6.45) is 0.319. The van der Waals surface area contributed by atoms with Gasteiger partial charge in [-0.3, -0.25) is 0 Å². The molecule has 7 nitrogen and oxygen atoms in total. The van der Waals surface area contributed by atoms with Crippen LogP contribution in [0.15, 0.2) is 72.8 Å². The molecule has 3 N–H and O–H groups in total. The van der Waals surface area contributed by atoms with Crippen molar-refractivity contribution in [2.24, 2.45) is 0 Å². The summed E-state index contributed by atoms with van der Waals surface area (Å²) < 4.78 is 16.5. The largest absolute Gasteiger partial charge is 0.563 e. The maximum atomic E-state index is 11.2. The lowest BCUT2D eigenvalue weighted by molar-refractivity contribution is -0.148. The molecule has 0 aliphatic heterocycles. The molecule has 0 spiro atoms. The number of rotatable bonds is 12. The van der Waals surface area contributed by atoms with Gasteiger partial charge in [-0.1, -0.05) is 36.4 Å². The number of carbonyl (C=O) groups is 2. The first-order valence-electron chi connectivity index (χ1n) is 10.5. The third kappa shape index (κ3) is 7.08. The van der Waals surface area contributed by atoms with E-state index in [0.29, 0.717) is 26.1 Å². The molecule has 0 aliphatic rings. The second kappa shape index (κ2) is 11.7. The molecule has 172 valence electrons. The number of carbonyl (C=O) groups excluding carboxylic acids is 1. The number of ether oxygens (including phenoxy) is 3. The highest BCUT2D eigenvalue weighted by atomic mass is 16.5. The summed E-state index contributed by atoms with van der Waals surface area (Å²) in [5.74, 6) is -0.198. The van der Waals surface area contributed by atoms with Crippen molar-refractivity contribution in [1.82, 2.24) is 0 Å². The van der Waals surface area contributed by atoms with Crippen molar-refractivity contribution < 1.29 is 34.0 Å². The van der Waals surface area contributed by atoms with E-state index in [2.05, 4.69) is 0 Å². The third-order valence-electron chi connectivity index (χ3n) is 5.07. The van der Waals surface area contributed by atoms with Crippen LogP contribution in [0.1, 0.15) is 22.3 Å². The van der Waals surface area contributed by atoms with Crippen molar-refractivity contribution in [3.05, 3.63) is 83.9 Å². The number of methoxy groups -OCH3 is 1. The lowest BCUT2D eigenvalue weighted by atomic mass is 10.0. The van der Waals surface area contributed by atoms with E-state index in [1.807, 2.05) is 48.5 Å². The zero-order chi connectivity index (χ0) is 23.6. The van der Waals surface area contributed by atoms with Crippen LogP contribution in [0.25, 0.3) is 11.1 Å². The van der Waals surface area contributed by atoms with Crippen molar-refractivity contribution in [1.29, 1.82) is 0 Å². The molecule has 0 radical (unpaired) electrons. The van der Waals surface area contributed by atoms with Gasteiger partial charge in [-0.15, -0.1) is 0 Å². The van der Waals surface area contributed by atoms with E-state index >= 15 is 0 Å². The quantitative estimate of drug-likeness (QED) is 0.332. The summed E-state index contributed by atoms with van der Waals surface area (Å²) >= 11 is 0. The van der Waals surface area contributed by atoms with E-state index in [0.717, 1.165) is 28.2 Å². The normalized spacial score (nSPS) is 11.5. The van der Waals surface area contributed by atoms with Crippen LogP contribution in [0.2, 0.25) is 0 Å². The van der Waals surface area contributed by atoms with Crippen molar-refractivity contribution in [3.63, 3.8) is 0 Å². The second-order valence-corrected chi connectivity index (χ2v) is 7.39. The van der Waals surface area contributed by atoms with E-state index in [9.17, 15) is 9.59 Å². The van der Waals surface area contributed by atoms with Gasteiger partial charge in [0.05, 0.1) is 18.8 Å². The van der Waals surface area contributed by atoms with Gasteiger partial charge in [-0.25, -0.2) is 4.79 Å². The highest BCUT2D eigenvalue weighted by molar-refractivity contribution is 5.88.